The molecule has 0 aliphatic carbocycles. The molecule has 0 unspecified atom stereocenters. The summed E-state index contributed by atoms with van der Waals surface area (Å²) in [4.78, 5) is 29.4. The second-order valence-corrected chi connectivity index (χ2v) is 9.87. The fourth-order valence-electron chi connectivity index (χ4n) is 4.85. The smallest absolute Gasteiger partial charge is 0.342 e. The molecule has 2 aliphatic heterocycles. The van der Waals surface area contributed by atoms with Crippen LogP contribution in [0, 0.1) is 5.92 Å². The molecule has 0 fully saturated rings. The lowest BCUT2D eigenvalue weighted by atomic mass is 9.77. The van der Waals surface area contributed by atoms with Crippen molar-refractivity contribution < 1.29 is 34.4 Å². The molecule has 0 amide bonds. The van der Waals surface area contributed by atoms with Gasteiger partial charge in [0.15, 0.2) is 10.7 Å². The number of anilines is 1. The minimum absolute atomic E-state index is 0.0540. The van der Waals surface area contributed by atoms with Crippen LogP contribution in [-0.2, 0) is 15.1 Å². The molecule has 1 spiro atoms. The first-order chi connectivity index (χ1) is 18.6. The third kappa shape index (κ3) is 4.24. The molecule has 198 valence electrons. The van der Waals surface area contributed by atoms with Crippen LogP contribution in [0.3, 0.4) is 0 Å². The van der Waals surface area contributed by atoms with Gasteiger partial charge in [0.2, 0.25) is 0 Å². The average Bonchev–Trinajstić information content (AvgIpc) is 3.16. The van der Waals surface area contributed by atoms with Crippen LogP contribution < -0.4 is 15.4 Å². The van der Waals surface area contributed by atoms with E-state index in [1.165, 1.54) is 24.3 Å². The topological polar surface area (TPSA) is 150 Å². The number of aromatic hydroxyl groups is 2. The van der Waals surface area contributed by atoms with E-state index in [1.54, 1.807) is 38.1 Å². The fourth-order valence-corrected chi connectivity index (χ4v) is 5.18. The quantitative estimate of drug-likeness (QED) is 0.166. The molecule has 2 aliphatic rings. The molecular formula is C27H21N3O7S2. The molecule has 2 heterocycles. The number of esters is 1. The van der Waals surface area contributed by atoms with Gasteiger partial charge in [-0.15, -0.1) is 0 Å². The minimum atomic E-state index is -1.51. The Labute approximate surface area is 232 Å². The summed E-state index contributed by atoms with van der Waals surface area (Å²) in [6, 6.07) is 11.1. The standard InChI is InChI=1S/C27H21N3O7S2/c1-12(2)22(24(33)34)29-26(39)30-23-18(28-11-38)8-7-17-21(23)25(35)37-27(17)15-5-3-13(31)9-19(15)36-20-10-14(32)4-6-16(20)27/h3-10,12,22,31-32H,1-2H3,(H,33,34)(H2,29,30,39)/t22-/m0/s1. The van der Waals surface area contributed by atoms with Gasteiger partial charge in [-0.2, -0.15) is 4.99 Å². The van der Waals surface area contributed by atoms with Crippen molar-refractivity contribution in [3.63, 3.8) is 0 Å². The highest BCUT2D eigenvalue weighted by molar-refractivity contribution is 7.80. The Morgan fingerprint density at radius 1 is 1.03 bits per heavy atom. The predicted octanol–water partition coefficient (Wildman–Crippen LogP) is 4.80. The van der Waals surface area contributed by atoms with Crippen molar-refractivity contribution in [2.24, 2.45) is 10.9 Å². The Kier molecular flexibility index (Phi) is 6.47. The van der Waals surface area contributed by atoms with Crippen LogP contribution in [0.15, 0.2) is 53.5 Å². The normalized spacial score (nSPS) is 14.7. The van der Waals surface area contributed by atoms with Gasteiger partial charge in [-0.25, -0.2) is 9.59 Å². The van der Waals surface area contributed by atoms with Gasteiger partial charge in [-0.1, -0.05) is 19.9 Å². The Morgan fingerprint density at radius 3 is 2.15 bits per heavy atom. The molecule has 12 heteroatoms. The number of fused-ring (bicyclic) bond motifs is 6. The number of nitrogens with one attached hydrogen (secondary N) is 2. The Bertz CT molecular complexity index is 1560. The Hall–Kier alpha value is -4.51. The number of carbonyl (C=O) groups is 2. The second kappa shape index (κ2) is 9.66. The van der Waals surface area contributed by atoms with Gasteiger partial charge in [-0.3, -0.25) is 0 Å². The van der Waals surface area contributed by atoms with Gasteiger partial charge < -0.3 is 35.4 Å². The third-order valence-corrected chi connectivity index (χ3v) is 6.86. The highest BCUT2D eigenvalue weighted by Crippen LogP contribution is 2.58. The van der Waals surface area contributed by atoms with Gasteiger partial charge in [0.1, 0.15) is 29.0 Å². The minimum Gasteiger partial charge on any atom is -0.508 e. The molecule has 0 bridgehead atoms. The lowest BCUT2D eigenvalue weighted by Gasteiger charge is -2.36. The van der Waals surface area contributed by atoms with Crippen LogP contribution in [-0.4, -0.2) is 43.6 Å². The highest BCUT2D eigenvalue weighted by atomic mass is 32.1. The summed E-state index contributed by atoms with van der Waals surface area (Å²) in [5.74, 6) is -1.80. The number of carboxylic acid groups (broad SMARTS) is 1. The molecule has 0 aromatic heterocycles. The van der Waals surface area contributed by atoms with Crippen molar-refractivity contribution in [1.82, 2.24) is 5.32 Å². The zero-order valence-corrected chi connectivity index (χ0v) is 22.1. The van der Waals surface area contributed by atoms with E-state index in [0.29, 0.717) is 16.7 Å². The summed E-state index contributed by atoms with van der Waals surface area (Å²) in [6.07, 6.45) is 0. The van der Waals surface area contributed by atoms with E-state index >= 15 is 0 Å². The summed E-state index contributed by atoms with van der Waals surface area (Å²) in [5.41, 5.74) is 0.225. The van der Waals surface area contributed by atoms with Crippen LogP contribution in [0.4, 0.5) is 11.4 Å². The van der Waals surface area contributed by atoms with Gasteiger partial charge in [0.25, 0.3) is 0 Å². The van der Waals surface area contributed by atoms with Crippen LogP contribution in [0.5, 0.6) is 23.0 Å². The van der Waals surface area contributed by atoms with Gasteiger partial charge in [0.05, 0.1) is 22.1 Å². The van der Waals surface area contributed by atoms with Crippen LogP contribution >= 0.6 is 24.4 Å². The molecule has 1 atom stereocenters. The van der Waals surface area contributed by atoms with Crippen LogP contribution in [0.1, 0.15) is 40.9 Å². The molecule has 0 radical (unpaired) electrons. The number of aliphatic carboxylic acids is 1. The second-order valence-electron chi connectivity index (χ2n) is 9.28. The third-order valence-electron chi connectivity index (χ3n) is 6.55. The van der Waals surface area contributed by atoms with Gasteiger partial charge >= 0.3 is 11.9 Å². The lowest BCUT2D eigenvalue weighted by molar-refractivity contribution is -0.140. The van der Waals surface area contributed by atoms with Crippen molar-refractivity contribution in [3.8, 4) is 23.0 Å². The molecule has 3 aromatic rings. The molecular weight excluding hydrogens is 542 g/mol. The van der Waals surface area contributed by atoms with Gasteiger partial charge in [-0.05, 0) is 60.7 Å². The summed E-state index contributed by atoms with van der Waals surface area (Å²) in [5, 5.41) is 37.7. The number of phenols is 2. The maximum absolute atomic E-state index is 13.6. The zero-order valence-electron chi connectivity index (χ0n) is 20.5. The van der Waals surface area contributed by atoms with Crippen molar-refractivity contribution in [2.45, 2.75) is 25.5 Å². The fraction of sp³-hybridized carbons (Fsp3) is 0.185. The van der Waals surface area contributed by atoms with Crippen molar-refractivity contribution in [2.75, 3.05) is 5.32 Å². The molecule has 5 rings (SSSR count). The van der Waals surface area contributed by atoms with E-state index in [2.05, 4.69) is 20.8 Å². The lowest BCUT2D eigenvalue weighted by Crippen LogP contribution is -2.46. The maximum Gasteiger partial charge on any atom is 0.342 e. The molecule has 0 saturated heterocycles. The van der Waals surface area contributed by atoms with E-state index in [4.69, 9.17) is 33.9 Å². The number of aliphatic imine (C=N–C) groups is 1. The number of hydrogen-bond acceptors (Lipinski definition) is 9. The van der Waals surface area contributed by atoms with Crippen LogP contribution in [0.25, 0.3) is 0 Å². The average molecular weight is 564 g/mol. The summed E-state index contributed by atoms with van der Waals surface area (Å²) in [7, 11) is 0. The maximum atomic E-state index is 13.6. The number of ether oxygens (including phenoxy) is 2. The number of carboxylic acids is 1. The van der Waals surface area contributed by atoms with E-state index in [-0.39, 0.29) is 51.0 Å². The van der Waals surface area contributed by atoms with E-state index in [9.17, 15) is 24.9 Å². The first kappa shape index (κ1) is 26.1. The van der Waals surface area contributed by atoms with E-state index < -0.39 is 23.6 Å². The summed E-state index contributed by atoms with van der Waals surface area (Å²) in [6.45, 7) is 3.46. The Balaban J connectivity index is 1.72. The zero-order chi connectivity index (χ0) is 28.1. The summed E-state index contributed by atoms with van der Waals surface area (Å²) >= 11 is 10.2. The van der Waals surface area contributed by atoms with Crippen molar-refractivity contribution in [1.29, 1.82) is 0 Å². The molecule has 39 heavy (non-hydrogen) atoms. The number of carbonyl (C=O) groups excluding carboxylic acids is 1. The molecule has 10 nitrogen and oxygen atoms in total. The molecule has 0 saturated carbocycles. The predicted molar refractivity (Wildman–Crippen MR) is 148 cm³/mol. The first-order valence-electron chi connectivity index (χ1n) is 11.7. The largest absolute Gasteiger partial charge is 0.508 e. The highest BCUT2D eigenvalue weighted by Gasteiger charge is 2.54. The molecule has 3 aromatic carbocycles. The van der Waals surface area contributed by atoms with E-state index in [0.717, 1.165) is 0 Å². The van der Waals surface area contributed by atoms with Crippen molar-refractivity contribution >= 4 is 58.0 Å². The summed E-state index contributed by atoms with van der Waals surface area (Å²) < 4.78 is 12.1. The van der Waals surface area contributed by atoms with Gasteiger partial charge in [0, 0.05) is 28.8 Å². The number of rotatable bonds is 5. The monoisotopic (exact) mass is 563 g/mol. The first-order valence-corrected chi connectivity index (χ1v) is 12.5. The number of phenolic OH excluding ortho intramolecular Hbond substituents is 2. The van der Waals surface area contributed by atoms with Crippen LogP contribution in [0.2, 0.25) is 0 Å². The SMILES string of the molecule is CC(C)[C@H](NC(=S)Nc1c(N=C=S)ccc2c1C(=O)OC21c2ccc(O)cc2Oc2cc(O)ccc21)C(=O)O. The number of nitrogens with zero attached hydrogens (tertiary/aromatic N) is 1. The number of hydrogen-bond donors (Lipinski definition) is 5. The number of isothiocyanates is 1. The number of thiocarbonyl (C=S) groups is 2. The van der Waals surface area contributed by atoms with E-state index in [1.807, 2.05) is 0 Å². The Morgan fingerprint density at radius 2 is 1.62 bits per heavy atom. The molecule has 5 N–H and O–H groups in total. The van der Waals surface area contributed by atoms with Crippen molar-refractivity contribution in [3.05, 3.63) is 70.8 Å². The number of benzene rings is 3.